The van der Waals surface area contributed by atoms with Gasteiger partial charge in [-0.05, 0) is 45.2 Å². The predicted molar refractivity (Wildman–Crippen MR) is 124 cm³/mol. The number of esters is 1. The summed E-state index contributed by atoms with van der Waals surface area (Å²) in [4.78, 5) is 26.0. The predicted octanol–water partition coefficient (Wildman–Crippen LogP) is 2.64. The summed E-state index contributed by atoms with van der Waals surface area (Å²) in [6, 6.07) is 3.93. The molecule has 3 atom stereocenters. The Labute approximate surface area is 200 Å². The van der Waals surface area contributed by atoms with Gasteiger partial charge in [-0.25, -0.2) is 4.79 Å². The largest absolute Gasteiger partial charge is 0.493 e. The quantitative estimate of drug-likeness (QED) is 0.496. The Bertz CT molecular complexity index is 971. The van der Waals surface area contributed by atoms with Gasteiger partial charge in [0, 0.05) is 25.1 Å². The Balaban J connectivity index is 1.44. The van der Waals surface area contributed by atoms with Crippen LogP contribution in [0.5, 0.6) is 11.5 Å². The summed E-state index contributed by atoms with van der Waals surface area (Å²) in [5.41, 5.74) is 1.26. The number of aliphatic hydroxyl groups is 1. The minimum Gasteiger partial charge on any atom is -0.493 e. The van der Waals surface area contributed by atoms with Crippen LogP contribution >= 0.6 is 0 Å². The standard InChI is InChI=1S/C25H34N2O7/c1-24(2,3)34-23(30)26-13-20(29)32-15-27-11-5-9-25-10-8-17(28)12-19(25)33-22-18(31-4)7-6-16(14-27)21(22)25/h6-8,10,17,19,28H,5,9,11-15H2,1-4H3,(H,26,30)/t17-,19-,25+/m0/s1. The van der Waals surface area contributed by atoms with Gasteiger partial charge < -0.3 is 29.4 Å². The topological polar surface area (TPSA) is 107 Å². The number of carbonyl (C=O) groups excluding carboxylic acids is 2. The number of alkyl carbamates (subject to hydrolysis) is 1. The normalized spacial score (nSPS) is 25.8. The summed E-state index contributed by atoms with van der Waals surface area (Å²) in [6.45, 7) is 6.43. The Morgan fingerprint density at radius 1 is 1.32 bits per heavy atom. The van der Waals surface area contributed by atoms with Gasteiger partial charge in [-0.15, -0.1) is 0 Å². The third-order valence-corrected chi connectivity index (χ3v) is 6.44. The third kappa shape index (κ3) is 5.00. The number of methoxy groups -OCH3 is 1. The van der Waals surface area contributed by atoms with Crippen molar-refractivity contribution >= 4 is 12.1 Å². The highest BCUT2D eigenvalue weighted by Crippen LogP contribution is 2.55. The summed E-state index contributed by atoms with van der Waals surface area (Å²) in [5.74, 6) is 0.892. The van der Waals surface area contributed by atoms with Gasteiger partial charge in [0.1, 0.15) is 25.0 Å². The second-order valence-corrected chi connectivity index (χ2v) is 10.1. The van der Waals surface area contributed by atoms with Crippen molar-refractivity contribution in [2.45, 2.75) is 69.8 Å². The maximum absolute atomic E-state index is 12.2. The number of hydrogen-bond acceptors (Lipinski definition) is 8. The number of carbonyl (C=O) groups is 2. The number of benzene rings is 1. The van der Waals surface area contributed by atoms with E-state index in [4.69, 9.17) is 18.9 Å². The molecule has 0 aromatic heterocycles. The van der Waals surface area contributed by atoms with Crippen LogP contribution in [0.2, 0.25) is 0 Å². The SMILES string of the molecule is COc1ccc2c3c1O[C@H]1C[C@@H](O)C=C[C@@]31CCCN(COC(=O)CNC(=O)OC(C)(C)C)C2. The molecule has 2 heterocycles. The lowest BCUT2D eigenvalue weighted by atomic mass is 9.67. The molecule has 9 nitrogen and oxygen atoms in total. The fourth-order valence-corrected chi connectivity index (χ4v) is 5.03. The van der Waals surface area contributed by atoms with Crippen LogP contribution in [0.4, 0.5) is 4.79 Å². The molecular formula is C25H34N2O7. The molecule has 9 heteroatoms. The lowest BCUT2D eigenvalue weighted by Crippen LogP contribution is -2.44. The van der Waals surface area contributed by atoms with Crippen LogP contribution in [0.3, 0.4) is 0 Å². The number of ether oxygens (including phenoxy) is 4. The van der Waals surface area contributed by atoms with E-state index < -0.39 is 23.8 Å². The monoisotopic (exact) mass is 474 g/mol. The smallest absolute Gasteiger partial charge is 0.408 e. The minimum absolute atomic E-state index is 0.113. The second-order valence-electron chi connectivity index (χ2n) is 10.1. The molecular weight excluding hydrogens is 440 g/mol. The van der Waals surface area contributed by atoms with Crippen LogP contribution in [0, 0.1) is 0 Å². The molecule has 34 heavy (non-hydrogen) atoms. The summed E-state index contributed by atoms with van der Waals surface area (Å²) < 4.78 is 22.5. The van der Waals surface area contributed by atoms with E-state index in [-0.39, 0.29) is 24.8 Å². The highest BCUT2D eigenvalue weighted by atomic mass is 16.6. The first-order valence-electron chi connectivity index (χ1n) is 11.7. The average Bonchev–Trinajstić information content (AvgIpc) is 3.08. The molecule has 4 rings (SSSR count). The lowest BCUT2D eigenvalue weighted by molar-refractivity contribution is -0.147. The van der Waals surface area contributed by atoms with E-state index in [1.807, 2.05) is 18.2 Å². The molecule has 0 fully saturated rings. The molecule has 1 aromatic rings. The van der Waals surface area contributed by atoms with Gasteiger partial charge in [0.05, 0.1) is 18.6 Å². The third-order valence-electron chi connectivity index (χ3n) is 6.44. The molecule has 1 aliphatic carbocycles. The fourth-order valence-electron chi connectivity index (χ4n) is 5.03. The highest BCUT2D eigenvalue weighted by molar-refractivity contribution is 5.78. The Morgan fingerprint density at radius 3 is 2.85 bits per heavy atom. The molecule has 0 saturated heterocycles. The molecule has 1 aromatic carbocycles. The Kier molecular flexibility index (Phi) is 6.78. The average molecular weight is 475 g/mol. The van der Waals surface area contributed by atoms with Crippen molar-refractivity contribution in [2.24, 2.45) is 0 Å². The van der Waals surface area contributed by atoms with E-state index >= 15 is 0 Å². The van der Waals surface area contributed by atoms with Gasteiger partial charge in [-0.1, -0.05) is 18.2 Å². The zero-order chi connectivity index (χ0) is 24.5. The van der Waals surface area contributed by atoms with Gasteiger partial charge >= 0.3 is 12.1 Å². The summed E-state index contributed by atoms with van der Waals surface area (Å²) in [5, 5.41) is 12.6. The maximum atomic E-state index is 12.2. The van der Waals surface area contributed by atoms with E-state index in [0.29, 0.717) is 18.7 Å². The van der Waals surface area contributed by atoms with Crippen molar-refractivity contribution in [3.63, 3.8) is 0 Å². The van der Waals surface area contributed by atoms with Crippen molar-refractivity contribution < 1.29 is 33.6 Å². The first-order chi connectivity index (χ1) is 16.1. The molecule has 3 aliphatic rings. The minimum atomic E-state index is -0.657. The first kappa shape index (κ1) is 24.3. The van der Waals surface area contributed by atoms with Crippen LogP contribution in [-0.2, 0) is 26.2 Å². The van der Waals surface area contributed by atoms with Crippen LogP contribution in [0.25, 0.3) is 0 Å². The van der Waals surface area contributed by atoms with Crippen molar-refractivity contribution in [3.05, 3.63) is 35.4 Å². The molecule has 0 radical (unpaired) electrons. The maximum Gasteiger partial charge on any atom is 0.408 e. The molecule has 0 bridgehead atoms. The van der Waals surface area contributed by atoms with Crippen LogP contribution in [-0.4, -0.2) is 66.8 Å². The van der Waals surface area contributed by atoms with E-state index in [2.05, 4.69) is 16.3 Å². The van der Waals surface area contributed by atoms with E-state index in [1.165, 1.54) is 0 Å². The highest BCUT2D eigenvalue weighted by Gasteiger charge is 2.52. The van der Waals surface area contributed by atoms with Gasteiger partial charge in [0.15, 0.2) is 11.5 Å². The number of aliphatic hydroxyl groups excluding tert-OH is 1. The number of hydrogen-bond donors (Lipinski definition) is 2. The number of nitrogens with one attached hydrogen (secondary N) is 1. The fraction of sp³-hybridized carbons (Fsp3) is 0.600. The van der Waals surface area contributed by atoms with Crippen LogP contribution < -0.4 is 14.8 Å². The Hall–Kier alpha value is -2.78. The molecule has 186 valence electrons. The van der Waals surface area contributed by atoms with E-state index in [0.717, 1.165) is 36.3 Å². The Morgan fingerprint density at radius 2 is 2.12 bits per heavy atom. The summed E-state index contributed by atoms with van der Waals surface area (Å²) in [7, 11) is 1.63. The lowest BCUT2D eigenvalue weighted by Gasteiger charge is -2.39. The molecule has 1 spiro atoms. The van der Waals surface area contributed by atoms with E-state index in [1.54, 1.807) is 27.9 Å². The summed E-state index contributed by atoms with van der Waals surface area (Å²) in [6.07, 6.45) is 4.92. The zero-order valence-corrected chi connectivity index (χ0v) is 20.3. The van der Waals surface area contributed by atoms with Crippen molar-refractivity contribution in [1.29, 1.82) is 0 Å². The van der Waals surface area contributed by atoms with Crippen molar-refractivity contribution in [3.8, 4) is 11.5 Å². The number of amides is 1. The zero-order valence-electron chi connectivity index (χ0n) is 20.3. The van der Waals surface area contributed by atoms with Crippen molar-refractivity contribution in [2.75, 3.05) is 26.9 Å². The van der Waals surface area contributed by atoms with Crippen molar-refractivity contribution in [1.82, 2.24) is 10.2 Å². The van der Waals surface area contributed by atoms with E-state index in [9.17, 15) is 14.7 Å². The summed E-state index contributed by atoms with van der Waals surface area (Å²) >= 11 is 0. The van der Waals surface area contributed by atoms with Gasteiger partial charge in [-0.3, -0.25) is 9.69 Å². The van der Waals surface area contributed by atoms with Crippen LogP contribution in [0.15, 0.2) is 24.3 Å². The number of rotatable bonds is 5. The second kappa shape index (κ2) is 9.46. The first-order valence-corrected chi connectivity index (χ1v) is 11.7. The molecule has 0 saturated carbocycles. The van der Waals surface area contributed by atoms with Gasteiger partial charge in [0.2, 0.25) is 0 Å². The molecule has 2 N–H and O–H groups in total. The van der Waals surface area contributed by atoms with Crippen LogP contribution in [0.1, 0.15) is 51.2 Å². The molecule has 1 amide bonds. The molecule has 2 aliphatic heterocycles. The van der Waals surface area contributed by atoms with Gasteiger partial charge in [-0.2, -0.15) is 0 Å². The number of nitrogens with zero attached hydrogens (tertiary/aromatic N) is 1. The van der Waals surface area contributed by atoms with Gasteiger partial charge in [0.25, 0.3) is 0 Å². The molecule has 0 unspecified atom stereocenters.